The Balaban J connectivity index is 1.94. The molecule has 0 aliphatic carbocycles. The van der Waals surface area contributed by atoms with E-state index >= 15 is 0 Å². The normalized spacial score (nSPS) is 19.8. The van der Waals surface area contributed by atoms with Gasteiger partial charge in [-0.25, -0.2) is 0 Å². The lowest BCUT2D eigenvalue weighted by Gasteiger charge is -2.23. The van der Waals surface area contributed by atoms with E-state index < -0.39 is 0 Å². The molecule has 0 aromatic heterocycles. The van der Waals surface area contributed by atoms with Crippen LogP contribution in [0.2, 0.25) is 0 Å². The van der Waals surface area contributed by atoms with Crippen molar-refractivity contribution in [2.45, 2.75) is 18.9 Å². The van der Waals surface area contributed by atoms with Crippen molar-refractivity contribution in [2.75, 3.05) is 32.1 Å². The zero-order valence-corrected chi connectivity index (χ0v) is 10.1. The minimum atomic E-state index is 0.645. The Labute approximate surface area is 97.4 Å². The molecule has 0 bridgehead atoms. The average Bonchev–Trinajstić information content (AvgIpc) is 2.82. The monoisotopic (exact) mass is 220 g/mol. The lowest BCUT2D eigenvalue weighted by molar-refractivity contribution is 0.415. The summed E-state index contributed by atoms with van der Waals surface area (Å²) >= 11 is 0. The molecule has 88 valence electrons. The Kier molecular flexibility index (Phi) is 3.67. The minimum absolute atomic E-state index is 0.645. The number of nitrogens with zero attached hydrogens (tertiary/aromatic N) is 1. The summed E-state index contributed by atoms with van der Waals surface area (Å²) in [5.74, 6) is 0.913. The summed E-state index contributed by atoms with van der Waals surface area (Å²) in [4.78, 5) is 2.29. The second-order valence-corrected chi connectivity index (χ2v) is 4.37. The maximum Gasteiger partial charge on any atom is 0.119 e. The number of ether oxygens (including phenoxy) is 1. The van der Waals surface area contributed by atoms with Crippen LogP contribution in [-0.4, -0.2) is 33.3 Å². The molecule has 1 saturated heterocycles. The van der Waals surface area contributed by atoms with Crippen LogP contribution < -0.4 is 15.0 Å². The molecule has 1 aliphatic heterocycles. The Morgan fingerprint density at radius 3 is 2.69 bits per heavy atom. The lowest BCUT2D eigenvalue weighted by Crippen LogP contribution is -2.35. The van der Waals surface area contributed by atoms with E-state index in [2.05, 4.69) is 29.4 Å². The van der Waals surface area contributed by atoms with E-state index in [0.717, 1.165) is 12.3 Å². The van der Waals surface area contributed by atoms with Crippen LogP contribution in [0.5, 0.6) is 5.75 Å². The van der Waals surface area contributed by atoms with Gasteiger partial charge in [0.1, 0.15) is 5.75 Å². The first kappa shape index (κ1) is 11.3. The molecule has 16 heavy (non-hydrogen) atoms. The van der Waals surface area contributed by atoms with E-state index in [-0.39, 0.29) is 0 Å². The summed E-state index contributed by atoms with van der Waals surface area (Å²) in [7, 11) is 3.84. The van der Waals surface area contributed by atoms with Gasteiger partial charge in [-0.15, -0.1) is 0 Å². The predicted molar refractivity (Wildman–Crippen MR) is 67.3 cm³/mol. The van der Waals surface area contributed by atoms with Crippen molar-refractivity contribution in [1.82, 2.24) is 5.32 Å². The van der Waals surface area contributed by atoms with E-state index in [4.69, 9.17) is 4.74 Å². The SMILES string of the molecule is COc1ccc(N(C)C[C@H]2CCCN2)cc1. The molecule has 0 unspecified atom stereocenters. The fourth-order valence-electron chi connectivity index (χ4n) is 2.19. The van der Waals surface area contributed by atoms with Crippen molar-refractivity contribution in [3.63, 3.8) is 0 Å². The van der Waals surface area contributed by atoms with E-state index in [1.54, 1.807) is 7.11 Å². The van der Waals surface area contributed by atoms with Crippen molar-refractivity contribution in [3.05, 3.63) is 24.3 Å². The summed E-state index contributed by atoms with van der Waals surface area (Å²) in [5, 5.41) is 3.51. The third kappa shape index (κ3) is 2.67. The standard InChI is InChI=1S/C13H20N2O/c1-15(10-11-4-3-9-14-11)12-5-7-13(16-2)8-6-12/h5-8,11,14H,3-4,9-10H2,1-2H3/t11-/m1/s1. The van der Waals surface area contributed by atoms with E-state index in [1.807, 2.05) is 12.1 Å². The predicted octanol–water partition coefficient (Wildman–Crippen LogP) is 1.88. The number of methoxy groups -OCH3 is 1. The molecule has 3 nitrogen and oxygen atoms in total. The Hall–Kier alpha value is -1.22. The van der Waals surface area contributed by atoms with Crippen molar-refractivity contribution in [3.8, 4) is 5.75 Å². The van der Waals surface area contributed by atoms with Crippen LogP contribution in [0.3, 0.4) is 0 Å². The first-order valence-corrected chi connectivity index (χ1v) is 5.88. The molecular weight excluding hydrogens is 200 g/mol. The Morgan fingerprint density at radius 1 is 1.38 bits per heavy atom. The first-order chi connectivity index (χ1) is 7.79. The largest absolute Gasteiger partial charge is 0.497 e. The van der Waals surface area contributed by atoms with Gasteiger partial charge in [0.05, 0.1) is 7.11 Å². The molecule has 3 heteroatoms. The molecule has 1 aliphatic rings. The molecule has 0 amide bonds. The molecular formula is C13H20N2O. The summed E-state index contributed by atoms with van der Waals surface area (Å²) in [6, 6.07) is 8.87. The fraction of sp³-hybridized carbons (Fsp3) is 0.538. The maximum absolute atomic E-state index is 5.15. The summed E-state index contributed by atoms with van der Waals surface area (Å²) in [6.45, 7) is 2.24. The summed E-state index contributed by atoms with van der Waals surface area (Å²) in [5.41, 5.74) is 1.24. The Bertz CT molecular complexity index is 317. The number of hydrogen-bond acceptors (Lipinski definition) is 3. The van der Waals surface area contributed by atoms with Gasteiger partial charge in [0, 0.05) is 25.3 Å². The number of anilines is 1. The third-order valence-corrected chi connectivity index (χ3v) is 3.17. The van der Waals surface area contributed by atoms with E-state index in [0.29, 0.717) is 6.04 Å². The summed E-state index contributed by atoms with van der Waals surface area (Å²) < 4.78 is 5.15. The molecule has 0 radical (unpaired) electrons. The van der Waals surface area contributed by atoms with Crippen molar-refractivity contribution in [2.24, 2.45) is 0 Å². The van der Waals surface area contributed by atoms with Gasteiger partial charge in [0.25, 0.3) is 0 Å². The number of nitrogens with one attached hydrogen (secondary N) is 1. The molecule has 2 rings (SSSR count). The van der Waals surface area contributed by atoms with Gasteiger partial charge >= 0.3 is 0 Å². The molecule has 0 saturated carbocycles. The van der Waals surface area contributed by atoms with Crippen LogP contribution in [0.4, 0.5) is 5.69 Å². The van der Waals surface area contributed by atoms with Crippen LogP contribution in [0.1, 0.15) is 12.8 Å². The topological polar surface area (TPSA) is 24.5 Å². The molecule has 1 heterocycles. The number of likely N-dealkylation sites (N-methyl/N-ethyl adjacent to an activating group) is 1. The lowest BCUT2D eigenvalue weighted by atomic mass is 10.2. The number of benzene rings is 1. The van der Waals surface area contributed by atoms with Gasteiger partial charge in [0.15, 0.2) is 0 Å². The average molecular weight is 220 g/mol. The smallest absolute Gasteiger partial charge is 0.119 e. The highest BCUT2D eigenvalue weighted by atomic mass is 16.5. The molecule has 1 aromatic carbocycles. The first-order valence-electron chi connectivity index (χ1n) is 5.88. The van der Waals surface area contributed by atoms with Gasteiger partial charge < -0.3 is 15.0 Å². The van der Waals surface area contributed by atoms with Crippen LogP contribution in [0, 0.1) is 0 Å². The van der Waals surface area contributed by atoms with Crippen LogP contribution in [0.25, 0.3) is 0 Å². The highest BCUT2D eigenvalue weighted by Gasteiger charge is 2.15. The highest BCUT2D eigenvalue weighted by molar-refractivity contribution is 5.48. The van der Waals surface area contributed by atoms with E-state index in [1.165, 1.54) is 25.1 Å². The molecule has 1 atom stereocenters. The van der Waals surface area contributed by atoms with Gasteiger partial charge in [-0.3, -0.25) is 0 Å². The molecule has 1 aromatic rings. The van der Waals surface area contributed by atoms with Crippen LogP contribution in [0.15, 0.2) is 24.3 Å². The molecule has 1 N–H and O–H groups in total. The van der Waals surface area contributed by atoms with Crippen LogP contribution in [-0.2, 0) is 0 Å². The Morgan fingerprint density at radius 2 is 2.12 bits per heavy atom. The summed E-state index contributed by atoms with van der Waals surface area (Å²) in [6.07, 6.45) is 2.60. The molecule has 1 fully saturated rings. The van der Waals surface area contributed by atoms with Gasteiger partial charge in [-0.05, 0) is 43.7 Å². The maximum atomic E-state index is 5.15. The van der Waals surface area contributed by atoms with Crippen molar-refractivity contribution >= 4 is 5.69 Å². The second kappa shape index (κ2) is 5.21. The zero-order valence-electron chi connectivity index (χ0n) is 10.1. The van der Waals surface area contributed by atoms with Gasteiger partial charge in [-0.1, -0.05) is 0 Å². The van der Waals surface area contributed by atoms with Crippen molar-refractivity contribution in [1.29, 1.82) is 0 Å². The number of hydrogen-bond donors (Lipinski definition) is 1. The second-order valence-electron chi connectivity index (χ2n) is 4.37. The van der Waals surface area contributed by atoms with Crippen molar-refractivity contribution < 1.29 is 4.74 Å². The number of rotatable bonds is 4. The van der Waals surface area contributed by atoms with Gasteiger partial charge in [-0.2, -0.15) is 0 Å². The quantitative estimate of drug-likeness (QED) is 0.838. The van der Waals surface area contributed by atoms with Gasteiger partial charge in [0.2, 0.25) is 0 Å². The fourth-order valence-corrected chi connectivity index (χ4v) is 2.19. The minimum Gasteiger partial charge on any atom is -0.497 e. The molecule has 0 spiro atoms. The zero-order chi connectivity index (χ0) is 11.4. The van der Waals surface area contributed by atoms with Crippen LogP contribution >= 0.6 is 0 Å². The third-order valence-electron chi connectivity index (χ3n) is 3.17. The highest BCUT2D eigenvalue weighted by Crippen LogP contribution is 2.19. The van der Waals surface area contributed by atoms with E-state index in [9.17, 15) is 0 Å².